The van der Waals surface area contributed by atoms with Crippen LogP contribution in [0.1, 0.15) is 37.4 Å². The fourth-order valence-corrected chi connectivity index (χ4v) is 1.28. The Morgan fingerprint density at radius 1 is 1.23 bits per heavy atom. The molecule has 0 saturated carbocycles. The van der Waals surface area contributed by atoms with Gasteiger partial charge in [0, 0.05) is 6.04 Å². The monoisotopic (exact) mass is 199 g/mol. The van der Waals surface area contributed by atoms with Crippen molar-refractivity contribution in [2.75, 3.05) is 0 Å². The zero-order valence-electron chi connectivity index (χ0n) is 8.29. The fraction of sp³-hybridized carbons (Fsp3) is 0.455. The van der Waals surface area contributed by atoms with E-state index in [0.717, 1.165) is 0 Å². The van der Waals surface area contributed by atoms with Crippen molar-refractivity contribution >= 4 is 12.4 Å². The maximum Gasteiger partial charge on any atom is 0.0266 e. The summed E-state index contributed by atoms with van der Waals surface area (Å²) in [5, 5.41) is 0. The van der Waals surface area contributed by atoms with Gasteiger partial charge in [0.1, 0.15) is 0 Å². The van der Waals surface area contributed by atoms with E-state index in [1.165, 1.54) is 24.0 Å². The van der Waals surface area contributed by atoms with Gasteiger partial charge < -0.3 is 5.73 Å². The molecule has 0 aromatic heterocycles. The predicted octanol–water partition coefficient (Wildman–Crippen LogP) is 3.08. The molecule has 0 aliphatic carbocycles. The molecule has 0 aliphatic rings. The Kier molecular flexibility index (Phi) is 5.76. The standard InChI is InChI=1S/C11H17N.ClH/c1-3-4-10-5-7-11(8-6-10)9(2)12;/h5-9H,3-4,12H2,1-2H3;1H. The van der Waals surface area contributed by atoms with Crippen LogP contribution in [0.25, 0.3) is 0 Å². The Balaban J connectivity index is 0.00000144. The molecule has 0 aliphatic heterocycles. The lowest BCUT2D eigenvalue weighted by molar-refractivity contribution is 0.815. The minimum atomic E-state index is 0. The van der Waals surface area contributed by atoms with Crippen LogP contribution in [-0.2, 0) is 6.42 Å². The molecule has 74 valence electrons. The molecule has 1 nitrogen and oxygen atoms in total. The Hall–Kier alpha value is -0.530. The van der Waals surface area contributed by atoms with Crippen LogP contribution >= 0.6 is 12.4 Å². The summed E-state index contributed by atoms with van der Waals surface area (Å²) < 4.78 is 0. The molecular formula is C11H18ClN. The first-order chi connectivity index (χ1) is 5.74. The molecule has 0 fully saturated rings. The number of halogens is 1. The zero-order valence-corrected chi connectivity index (χ0v) is 9.10. The summed E-state index contributed by atoms with van der Waals surface area (Å²) in [4.78, 5) is 0. The molecule has 1 unspecified atom stereocenters. The van der Waals surface area contributed by atoms with Crippen LogP contribution in [0.4, 0.5) is 0 Å². The molecule has 0 saturated heterocycles. The normalized spacial score (nSPS) is 11.9. The fourth-order valence-electron chi connectivity index (χ4n) is 1.28. The van der Waals surface area contributed by atoms with Gasteiger partial charge >= 0.3 is 0 Å². The van der Waals surface area contributed by atoms with Gasteiger partial charge in [-0.3, -0.25) is 0 Å². The molecule has 1 rings (SSSR count). The first-order valence-corrected chi connectivity index (χ1v) is 4.58. The summed E-state index contributed by atoms with van der Waals surface area (Å²) in [6, 6.07) is 8.73. The maximum absolute atomic E-state index is 5.74. The molecule has 1 atom stereocenters. The topological polar surface area (TPSA) is 26.0 Å². The molecule has 13 heavy (non-hydrogen) atoms. The van der Waals surface area contributed by atoms with E-state index in [4.69, 9.17) is 5.73 Å². The first-order valence-electron chi connectivity index (χ1n) is 4.58. The van der Waals surface area contributed by atoms with Crippen LogP contribution in [-0.4, -0.2) is 0 Å². The second-order valence-electron chi connectivity index (χ2n) is 3.28. The van der Waals surface area contributed by atoms with Crippen LogP contribution in [0.3, 0.4) is 0 Å². The quantitative estimate of drug-likeness (QED) is 0.796. The lowest BCUT2D eigenvalue weighted by Gasteiger charge is -2.05. The van der Waals surface area contributed by atoms with Crippen LogP contribution in [0.15, 0.2) is 24.3 Å². The molecule has 0 amide bonds. The van der Waals surface area contributed by atoms with E-state index in [2.05, 4.69) is 31.2 Å². The van der Waals surface area contributed by atoms with Gasteiger partial charge in [0.25, 0.3) is 0 Å². The number of benzene rings is 1. The van der Waals surface area contributed by atoms with E-state index in [0.29, 0.717) is 0 Å². The molecule has 1 aromatic carbocycles. The molecule has 0 radical (unpaired) electrons. The highest BCUT2D eigenvalue weighted by Gasteiger charge is 1.97. The SMILES string of the molecule is CCCc1ccc(C(C)N)cc1.Cl. The highest BCUT2D eigenvalue weighted by molar-refractivity contribution is 5.85. The van der Waals surface area contributed by atoms with Gasteiger partial charge in [-0.1, -0.05) is 37.6 Å². The van der Waals surface area contributed by atoms with Crippen LogP contribution in [0.5, 0.6) is 0 Å². The van der Waals surface area contributed by atoms with Gasteiger partial charge in [-0.15, -0.1) is 12.4 Å². The average molecular weight is 200 g/mol. The van der Waals surface area contributed by atoms with Crippen molar-refractivity contribution < 1.29 is 0 Å². The van der Waals surface area contributed by atoms with E-state index >= 15 is 0 Å². The Morgan fingerprint density at radius 3 is 2.15 bits per heavy atom. The van der Waals surface area contributed by atoms with E-state index in [1.54, 1.807) is 0 Å². The molecule has 0 spiro atoms. The van der Waals surface area contributed by atoms with Gasteiger partial charge in [-0.25, -0.2) is 0 Å². The van der Waals surface area contributed by atoms with E-state index in [1.807, 2.05) is 6.92 Å². The third-order valence-corrected chi connectivity index (χ3v) is 2.04. The van der Waals surface area contributed by atoms with E-state index < -0.39 is 0 Å². The molecule has 2 N–H and O–H groups in total. The van der Waals surface area contributed by atoms with Crippen molar-refractivity contribution in [3.8, 4) is 0 Å². The molecule has 0 heterocycles. The average Bonchev–Trinajstić information content (AvgIpc) is 2.06. The van der Waals surface area contributed by atoms with Crippen molar-refractivity contribution in [3.63, 3.8) is 0 Å². The predicted molar refractivity (Wildman–Crippen MR) is 60.3 cm³/mol. The summed E-state index contributed by atoms with van der Waals surface area (Å²) in [5.41, 5.74) is 8.36. The lowest BCUT2D eigenvalue weighted by Crippen LogP contribution is -2.04. The highest BCUT2D eigenvalue weighted by Crippen LogP contribution is 2.11. The molecule has 2 heteroatoms. The number of aryl methyl sites for hydroxylation is 1. The second-order valence-corrected chi connectivity index (χ2v) is 3.28. The minimum absolute atomic E-state index is 0. The van der Waals surface area contributed by atoms with Crippen molar-refractivity contribution in [2.45, 2.75) is 32.7 Å². The van der Waals surface area contributed by atoms with Crippen molar-refractivity contribution in [3.05, 3.63) is 35.4 Å². The van der Waals surface area contributed by atoms with Gasteiger partial charge in [-0.2, -0.15) is 0 Å². The Labute approximate surface area is 86.7 Å². The van der Waals surface area contributed by atoms with Crippen molar-refractivity contribution in [1.82, 2.24) is 0 Å². The number of nitrogens with two attached hydrogens (primary N) is 1. The third-order valence-electron chi connectivity index (χ3n) is 2.04. The van der Waals surface area contributed by atoms with Crippen molar-refractivity contribution in [2.24, 2.45) is 5.73 Å². The Morgan fingerprint density at radius 2 is 1.77 bits per heavy atom. The van der Waals surface area contributed by atoms with E-state index in [9.17, 15) is 0 Å². The van der Waals surface area contributed by atoms with Gasteiger partial charge in [0.15, 0.2) is 0 Å². The van der Waals surface area contributed by atoms with Crippen LogP contribution in [0, 0.1) is 0 Å². The van der Waals surface area contributed by atoms with Crippen molar-refractivity contribution in [1.29, 1.82) is 0 Å². The first kappa shape index (κ1) is 12.5. The summed E-state index contributed by atoms with van der Waals surface area (Å²) in [5.74, 6) is 0. The number of hydrogen-bond donors (Lipinski definition) is 1. The zero-order chi connectivity index (χ0) is 8.97. The second kappa shape index (κ2) is 6.01. The van der Waals surface area contributed by atoms with Gasteiger partial charge in [-0.05, 0) is 24.5 Å². The molecule has 0 bridgehead atoms. The number of hydrogen-bond acceptors (Lipinski definition) is 1. The minimum Gasteiger partial charge on any atom is -0.324 e. The summed E-state index contributed by atoms with van der Waals surface area (Å²) in [6.07, 6.45) is 2.37. The Bertz CT molecular complexity index is 228. The summed E-state index contributed by atoms with van der Waals surface area (Å²) in [6.45, 7) is 4.20. The smallest absolute Gasteiger partial charge is 0.0266 e. The van der Waals surface area contributed by atoms with Crippen LogP contribution in [0.2, 0.25) is 0 Å². The van der Waals surface area contributed by atoms with E-state index in [-0.39, 0.29) is 18.4 Å². The van der Waals surface area contributed by atoms with Gasteiger partial charge in [0.05, 0.1) is 0 Å². The van der Waals surface area contributed by atoms with Crippen LogP contribution < -0.4 is 5.73 Å². The van der Waals surface area contributed by atoms with Gasteiger partial charge in [0.2, 0.25) is 0 Å². The maximum atomic E-state index is 5.74. The highest BCUT2D eigenvalue weighted by atomic mass is 35.5. The largest absolute Gasteiger partial charge is 0.324 e. The third kappa shape index (κ3) is 3.79. The number of rotatable bonds is 3. The summed E-state index contributed by atoms with van der Waals surface area (Å²) in [7, 11) is 0. The molecule has 1 aromatic rings. The summed E-state index contributed by atoms with van der Waals surface area (Å²) >= 11 is 0. The molecular weight excluding hydrogens is 182 g/mol. The lowest BCUT2D eigenvalue weighted by atomic mass is 10.0.